The van der Waals surface area contributed by atoms with Crippen molar-refractivity contribution in [2.24, 2.45) is 0 Å². The van der Waals surface area contributed by atoms with Gasteiger partial charge in [0.2, 0.25) is 5.55 Å². The Morgan fingerprint density at radius 1 is 1.23 bits per heavy atom. The van der Waals surface area contributed by atoms with Crippen molar-refractivity contribution in [3.05, 3.63) is 55.6 Å². The number of H-pyrrole nitrogens is 1. The number of thiophene rings is 1. The smallest absolute Gasteiger partial charge is 0.260 e. The second kappa shape index (κ2) is 5.79. The van der Waals surface area contributed by atoms with Gasteiger partial charge >= 0.3 is 0 Å². The van der Waals surface area contributed by atoms with E-state index in [0.717, 1.165) is 41.5 Å². The lowest BCUT2D eigenvalue weighted by molar-refractivity contribution is 0.535. The number of nitrogens with zero attached hydrogens (tertiary/aromatic N) is 1. The van der Waals surface area contributed by atoms with Crippen molar-refractivity contribution in [1.29, 1.82) is 5.41 Å². The number of nitrogens with one attached hydrogen (secondary N) is 2. The van der Waals surface area contributed by atoms with Crippen molar-refractivity contribution in [3.8, 4) is 11.4 Å². The van der Waals surface area contributed by atoms with E-state index in [1.807, 2.05) is 0 Å². The lowest BCUT2D eigenvalue weighted by Crippen LogP contribution is -2.14. The van der Waals surface area contributed by atoms with Crippen molar-refractivity contribution in [3.63, 3.8) is 0 Å². The number of aromatic nitrogens is 2. The van der Waals surface area contributed by atoms with Crippen LogP contribution in [0, 0.1) is 5.41 Å². The van der Waals surface area contributed by atoms with Gasteiger partial charge in [-0.15, -0.1) is 11.3 Å². The van der Waals surface area contributed by atoms with Crippen LogP contribution < -0.4 is 11.1 Å². The molecule has 0 amide bonds. The van der Waals surface area contributed by atoms with Crippen molar-refractivity contribution >= 4 is 44.1 Å². The summed E-state index contributed by atoms with van der Waals surface area (Å²) in [7, 11) is 0. The molecule has 0 bridgehead atoms. The van der Waals surface area contributed by atoms with Crippen molar-refractivity contribution in [1.82, 2.24) is 9.97 Å². The molecule has 0 fully saturated rings. The summed E-state index contributed by atoms with van der Waals surface area (Å²) >= 11 is 7.65. The van der Waals surface area contributed by atoms with E-state index in [0.29, 0.717) is 27.4 Å². The first kappa shape index (κ1) is 15.8. The molecule has 7 heteroatoms. The Balaban J connectivity index is 1.77. The number of aromatic amines is 1. The molecule has 0 aliphatic heterocycles. The Kier molecular flexibility index (Phi) is 3.52. The zero-order valence-electron chi connectivity index (χ0n) is 13.7. The van der Waals surface area contributed by atoms with E-state index < -0.39 is 0 Å². The first-order chi connectivity index (χ1) is 12.6. The van der Waals surface area contributed by atoms with Crippen LogP contribution in [-0.2, 0) is 12.8 Å². The van der Waals surface area contributed by atoms with Crippen LogP contribution >= 0.6 is 22.9 Å². The number of halogens is 1. The van der Waals surface area contributed by atoms with E-state index in [4.69, 9.17) is 21.4 Å². The summed E-state index contributed by atoms with van der Waals surface area (Å²) in [6, 6.07) is 7.00. The molecular weight excluding hydrogens is 370 g/mol. The molecule has 2 N–H and O–H groups in total. The van der Waals surface area contributed by atoms with Gasteiger partial charge in [0.05, 0.1) is 10.9 Å². The average molecular weight is 384 g/mol. The zero-order valence-corrected chi connectivity index (χ0v) is 15.3. The third-order valence-corrected chi connectivity index (χ3v) is 6.23. The molecule has 5 rings (SSSR count). The van der Waals surface area contributed by atoms with Crippen LogP contribution in [0.15, 0.2) is 33.5 Å². The molecule has 3 heterocycles. The van der Waals surface area contributed by atoms with Gasteiger partial charge in [0.25, 0.3) is 5.56 Å². The SMILES string of the molecule is N=c1oc2ccc(Cl)cc2cc1-c1nc2sc3c(c2c(=O)[nH]1)CCCC3. The van der Waals surface area contributed by atoms with Crippen LogP contribution in [0.25, 0.3) is 32.6 Å². The fraction of sp³-hybridized carbons (Fsp3) is 0.211. The Morgan fingerprint density at radius 3 is 2.96 bits per heavy atom. The highest BCUT2D eigenvalue weighted by atomic mass is 35.5. The fourth-order valence-electron chi connectivity index (χ4n) is 3.58. The second-order valence-corrected chi connectivity index (χ2v) is 8.00. The maximum atomic E-state index is 12.7. The number of rotatable bonds is 1. The molecule has 4 aromatic rings. The Hall–Kier alpha value is -2.44. The number of hydrogen-bond acceptors (Lipinski definition) is 5. The molecule has 1 aliphatic rings. The van der Waals surface area contributed by atoms with Crippen molar-refractivity contribution < 1.29 is 4.42 Å². The number of benzene rings is 1. The van der Waals surface area contributed by atoms with Crippen LogP contribution in [0.4, 0.5) is 0 Å². The molecule has 0 saturated carbocycles. The molecule has 130 valence electrons. The largest absolute Gasteiger partial charge is 0.438 e. The maximum Gasteiger partial charge on any atom is 0.260 e. The first-order valence-electron chi connectivity index (χ1n) is 8.43. The first-order valence-corrected chi connectivity index (χ1v) is 9.62. The highest BCUT2D eigenvalue weighted by Gasteiger charge is 2.20. The van der Waals surface area contributed by atoms with E-state index in [1.54, 1.807) is 35.6 Å². The summed E-state index contributed by atoms with van der Waals surface area (Å²) in [4.78, 5) is 22.2. The predicted octanol–water partition coefficient (Wildman–Crippen LogP) is 4.41. The third kappa shape index (κ3) is 2.40. The fourth-order valence-corrected chi connectivity index (χ4v) is 5.02. The van der Waals surface area contributed by atoms with Crippen molar-refractivity contribution in [2.75, 3.05) is 0 Å². The Bertz CT molecular complexity index is 1300. The van der Waals surface area contributed by atoms with Crippen LogP contribution in [0.1, 0.15) is 23.3 Å². The van der Waals surface area contributed by atoms with E-state index in [1.165, 1.54) is 4.88 Å². The molecule has 5 nitrogen and oxygen atoms in total. The minimum atomic E-state index is -0.144. The van der Waals surface area contributed by atoms with Gasteiger partial charge < -0.3 is 9.40 Å². The highest BCUT2D eigenvalue weighted by molar-refractivity contribution is 7.18. The molecule has 0 unspecified atom stereocenters. The third-order valence-electron chi connectivity index (χ3n) is 4.81. The molecule has 0 saturated heterocycles. The maximum absolute atomic E-state index is 12.7. The second-order valence-electron chi connectivity index (χ2n) is 6.48. The topological polar surface area (TPSA) is 82.7 Å². The van der Waals surface area contributed by atoms with Gasteiger partial charge in [-0.3, -0.25) is 10.2 Å². The molecule has 0 radical (unpaired) electrons. The molecule has 0 atom stereocenters. The summed E-state index contributed by atoms with van der Waals surface area (Å²) in [6.07, 6.45) is 4.22. The van der Waals surface area contributed by atoms with E-state index >= 15 is 0 Å². The van der Waals surface area contributed by atoms with Gasteiger partial charge in [-0.25, -0.2) is 4.98 Å². The summed E-state index contributed by atoms with van der Waals surface area (Å²) in [5.74, 6) is 0.358. The monoisotopic (exact) mass is 383 g/mol. The van der Waals surface area contributed by atoms with Crippen LogP contribution in [0.3, 0.4) is 0 Å². The van der Waals surface area contributed by atoms with Gasteiger partial charge in [0.1, 0.15) is 16.2 Å². The van der Waals surface area contributed by atoms with E-state index in [2.05, 4.69) is 9.97 Å². The summed E-state index contributed by atoms with van der Waals surface area (Å²) in [6.45, 7) is 0. The van der Waals surface area contributed by atoms with Gasteiger partial charge in [-0.05, 0) is 55.5 Å². The summed E-state index contributed by atoms with van der Waals surface area (Å²) in [5, 5.41) is 10.2. The Morgan fingerprint density at radius 2 is 2.08 bits per heavy atom. The summed E-state index contributed by atoms with van der Waals surface area (Å²) < 4.78 is 5.58. The molecule has 1 aliphatic carbocycles. The number of hydrogen-bond donors (Lipinski definition) is 2. The molecule has 3 aromatic heterocycles. The zero-order chi connectivity index (χ0) is 17.8. The minimum Gasteiger partial charge on any atom is -0.438 e. The van der Waals surface area contributed by atoms with E-state index in [-0.39, 0.29) is 11.1 Å². The lowest BCUT2D eigenvalue weighted by atomic mass is 9.97. The van der Waals surface area contributed by atoms with Crippen LogP contribution in [0.2, 0.25) is 5.02 Å². The highest BCUT2D eigenvalue weighted by Crippen LogP contribution is 2.34. The quantitative estimate of drug-likeness (QED) is 0.510. The van der Waals surface area contributed by atoms with Crippen LogP contribution in [0.5, 0.6) is 0 Å². The number of aryl methyl sites for hydroxylation is 2. The average Bonchev–Trinajstić information content (AvgIpc) is 3.00. The minimum absolute atomic E-state index is 0.0383. The Labute approximate surface area is 156 Å². The normalized spacial score (nSPS) is 14.0. The number of fused-ring (bicyclic) bond motifs is 4. The van der Waals surface area contributed by atoms with Gasteiger partial charge in [-0.2, -0.15) is 0 Å². The van der Waals surface area contributed by atoms with Gasteiger partial charge in [0.15, 0.2) is 0 Å². The van der Waals surface area contributed by atoms with Crippen molar-refractivity contribution in [2.45, 2.75) is 25.7 Å². The van der Waals surface area contributed by atoms with E-state index in [9.17, 15) is 4.79 Å². The lowest BCUT2D eigenvalue weighted by Gasteiger charge is -2.09. The summed E-state index contributed by atoms with van der Waals surface area (Å²) in [5.41, 5.74) is 1.99. The van der Waals surface area contributed by atoms with Gasteiger partial charge in [-0.1, -0.05) is 11.6 Å². The molecule has 26 heavy (non-hydrogen) atoms. The molecule has 0 spiro atoms. The van der Waals surface area contributed by atoms with Gasteiger partial charge in [0, 0.05) is 15.3 Å². The molecule has 1 aromatic carbocycles. The van der Waals surface area contributed by atoms with Crippen LogP contribution in [-0.4, -0.2) is 9.97 Å². The molecular formula is C19H14ClN3O2S. The predicted molar refractivity (Wildman–Crippen MR) is 103 cm³/mol. The standard InChI is InChI=1S/C19H14ClN3O2S/c20-10-5-6-13-9(7-10)8-12(16(21)25-13)17-22-18(24)15-11-3-1-2-4-14(11)26-19(15)23-17/h5-8,21H,1-4H2,(H,22,23,24).